The molecule has 0 aromatic carbocycles. The van der Waals surface area contributed by atoms with Crippen molar-refractivity contribution in [1.82, 2.24) is 4.90 Å². The van der Waals surface area contributed by atoms with E-state index in [0.29, 0.717) is 6.42 Å². The maximum absolute atomic E-state index is 12.1. The largest absolute Gasteiger partial charge is 0.395 e. The lowest BCUT2D eigenvalue weighted by Gasteiger charge is -2.26. The van der Waals surface area contributed by atoms with E-state index >= 15 is 0 Å². The maximum Gasteiger partial charge on any atom is 0.251 e. The van der Waals surface area contributed by atoms with E-state index in [9.17, 15) is 13.6 Å². The van der Waals surface area contributed by atoms with E-state index in [2.05, 4.69) is 0 Å². The molecule has 0 fully saturated rings. The Bertz CT molecular complexity index is 176. The van der Waals surface area contributed by atoms with Crippen LogP contribution >= 0.6 is 0 Å². The van der Waals surface area contributed by atoms with E-state index in [0.717, 1.165) is 0 Å². The molecule has 1 N–H and O–H groups in total. The first kappa shape index (κ1) is 13.4. The number of carbonyl (C=O) groups is 1. The minimum atomic E-state index is -2.48. The van der Waals surface area contributed by atoms with Crippen molar-refractivity contribution in [3.63, 3.8) is 0 Å². The highest BCUT2D eigenvalue weighted by Gasteiger charge is 2.22. The molecular weight excluding hydrogens is 192 g/mol. The second-order valence-corrected chi connectivity index (χ2v) is 3.11. The summed E-state index contributed by atoms with van der Waals surface area (Å²) in [6.07, 6.45) is -2.15. The zero-order chi connectivity index (χ0) is 11.1. The highest BCUT2D eigenvalue weighted by molar-refractivity contribution is 5.83. The topological polar surface area (TPSA) is 40.5 Å². The molecule has 1 unspecified atom stereocenters. The van der Waals surface area contributed by atoms with Gasteiger partial charge in [-0.3, -0.25) is 9.69 Å². The van der Waals surface area contributed by atoms with Crippen molar-refractivity contribution in [2.24, 2.45) is 0 Å². The molecule has 0 aliphatic rings. The number of Topliss-reactive ketones (excluding diaryl/α,β-unsaturated/α-hetero) is 1. The molecule has 0 amide bonds. The summed E-state index contributed by atoms with van der Waals surface area (Å²) in [5.74, 6) is -0.0842. The van der Waals surface area contributed by atoms with Gasteiger partial charge in [0.15, 0.2) is 0 Å². The highest BCUT2D eigenvalue weighted by atomic mass is 19.3. The van der Waals surface area contributed by atoms with Crippen molar-refractivity contribution in [1.29, 1.82) is 0 Å². The van der Waals surface area contributed by atoms with E-state index < -0.39 is 19.0 Å². The molecule has 0 spiro atoms. The molecule has 3 nitrogen and oxygen atoms in total. The van der Waals surface area contributed by atoms with Gasteiger partial charge in [0.25, 0.3) is 6.43 Å². The number of rotatable bonds is 7. The predicted octanol–water partition coefficient (Wildman–Crippen LogP) is 0.913. The second-order valence-electron chi connectivity index (χ2n) is 3.11. The van der Waals surface area contributed by atoms with E-state index in [1.54, 1.807) is 13.8 Å². The van der Waals surface area contributed by atoms with Crippen molar-refractivity contribution < 1.29 is 18.7 Å². The van der Waals surface area contributed by atoms with Crippen LogP contribution in [0.4, 0.5) is 8.78 Å². The fourth-order valence-electron chi connectivity index (χ4n) is 1.25. The number of alkyl halides is 2. The lowest BCUT2D eigenvalue weighted by Crippen LogP contribution is -2.43. The van der Waals surface area contributed by atoms with Crippen LogP contribution in [0.2, 0.25) is 0 Å². The quantitative estimate of drug-likeness (QED) is 0.677. The van der Waals surface area contributed by atoms with E-state index in [-0.39, 0.29) is 18.9 Å². The van der Waals surface area contributed by atoms with E-state index in [1.165, 1.54) is 4.90 Å². The number of ketones is 1. The monoisotopic (exact) mass is 209 g/mol. The number of hydrogen-bond donors (Lipinski definition) is 1. The zero-order valence-corrected chi connectivity index (χ0v) is 8.54. The molecule has 0 heterocycles. The summed E-state index contributed by atoms with van der Waals surface area (Å²) in [7, 11) is 0. The number of aliphatic hydroxyl groups is 1. The van der Waals surface area contributed by atoms with Crippen LogP contribution in [0.5, 0.6) is 0 Å². The van der Waals surface area contributed by atoms with Crippen LogP contribution in [0, 0.1) is 0 Å². The summed E-state index contributed by atoms with van der Waals surface area (Å²) in [4.78, 5) is 12.5. The van der Waals surface area contributed by atoms with Crippen LogP contribution in [0.15, 0.2) is 0 Å². The van der Waals surface area contributed by atoms with Crippen molar-refractivity contribution in [3.05, 3.63) is 0 Å². The minimum absolute atomic E-state index is 0.0842. The molecule has 0 aliphatic carbocycles. The first-order valence-electron chi connectivity index (χ1n) is 4.68. The van der Waals surface area contributed by atoms with Gasteiger partial charge in [-0.2, -0.15) is 0 Å². The SMILES string of the molecule is CCC(=O)C(C)N(CCO)CC(F)F. The second kappa shape index (κ2) is 6.84. The van der Waals surface area contributed by atoms with Gasteiger partial charge in [0.2, 0.25) is 0 Å². The molecule has 0 saturated heterocycles. The molecule has 0 saturated carbocycles. The highest BCUT2D eigenvalue weighted by Crippen LogP contribution is 2.06. The third-order valence-corrected chi connectivity index (χ3v) is 2.12. The number of hydrogen-bond acceptors (Lipinski definition) is 3. The average molecular weight is 209 g/mol. The van der Waals surface area contributed by atoms with Gasteiger partial charge in [-0.1, -0.05) is 6.92 Å². The van der Waals surface area contributed by atoms with Crippen LogP contribution in [0.1, 0.15) is 20.3 Å². The van der Waals surface area contributed by atoms with Gasteiger partial charge in [0, 0.05) is 13.0 Å². The van der Waals surface area contributed by atoms with E-state index in [1.807, 2.05) is 0 Å². The molecule has 5 heteroatoms. The Hall–Kier alpha value is -0.550. The smallest absolute Gasteiger partial charge is 0.251 e. The summed E-state index contributed by atoms with van der Waals surface area (Å²) in [6.45, 7) is 2.71. The van der Waals surface area contributed by atoms with Crippen molar-refractivity contribution >= 4 is 5.78 Å². The van der Waals surface area contributed by atoms with Crippen molar-refractivity contribution in [2.45, 2.75) is 32.7 Å². The average Bonchev–Trinajstić information content (AvgIpc) is 2.14. The number of halogens is 2. The predicted molar refractivity (Wildman–Crippen MR) is 49.4 cm³/mol. The lowest BCUT2D eigenvalue weighted by atomic mass is 10.1. The Morgan fingerprint density at radius 2 is 2.07 bits per heavy atom. The number of aliphatic hydroxyl groups excluding tert-OH is 1. The van der Waals surface area contributed by atoms with Crippen LogP contribution in [0.25, 0.3) is 0 Å². The standard InChI is InChI=1S/C9H17F2NO2/c1-3-8(14)7(2)12(4-5-13)6-9(10)11/h7,9,13H,3-6H2,1-2H3. The fraction of sp³-hybridized carbons (Fsp3) is 0.889. The summed E-state index contributed by atoms with van der Waals surface area (Å²) in [5, 5.41) is 8.66. The molecule has 84 valence electrons. The Kier molecular flexibility index (Phi) is 6.57. The summed E-state index contributed by atoms with van der Waals surface area (Å²) in [6, 6.07) is -0.541. The van der Waals surface area contributed by atoms with Gasteiger partial charge in [0.05, 0.1) is 19.2 Å². The van der Waals surface area contributed by atoms with Crippen molar-refractivity contribution in [3.8, 4) is 0 Å². The van der Waals surface area contributed by atoms with Gasteiger partial charge >= 0.3 is 0 Å². The molecule has 0 aromatic rings. The Balaban J connectivity index is 4.24. The molecule has 0 bridgehead atoms. The Morgan fingerprint density at radius 3 is 2.43 bits per heavy atom. The van der Waals surface area contributed by atoms with Gasteiger partial charge in [0.1, 0.15) is 5.78 Å². The fourth-order valence-corrected chi connectivity index (χ4v) is 1.25. The summed E-state index contributed by atoms with van der Waals surface area (Å²) >= 11 is 0. The van der Waals surface area contributed by atoms with Crippen LogP contribution in [0.3, 0.4) is 0 Å². The van der Waals surface area contributed by atoms with Gasteiger partial charge < -0.3 is 5.11 Å². The van der Waals surface area contributed by atoms with Crippen LogP contribution < -0.4 is 0 Å². The first-order valence-corrected chi connectivity index (χ1v) is 4.68. The normalized spacial score (nSPS) is 13.6. The third kappa shape index (κ3) is 4.62. The molecular formula is C9H17F2NO2. The van der Waals surface area contributed by atoms with Crippen LogP contribution in [-0.2, 0) is 4.79 Å². The number of carbonyl (C=O) groups excluding carboxylic acids is 1. The molecule has 0 aliphatic heterocycles. The Morgan fingerprint density at radius 1 is 1.50 bits per heavy atom. The van der Waals surface area contributed by atoms with Gasteiger partial charge in [-0.25, -0.2) is 8.78 Å². The Labute approximate surface area is 82.7 Å². The van der Waals surface area contributed by atoms with Gasteiger partial charge in [-0.15, -0.1) is 0 Å². The van der Waals surface area contributed by atoms with Crippen molar-refractivity contribution in [2.75, 3.05) is 19.7 Å². The number of nitrogens with zero attached hydrogens (tertiary/aromatic N) is 1. The molecule has 0 aromatic heterocycles. The van der Waals surface area contributed by atoms with E-state index in [4.69, 9.17) is 5.11 Å². The summed E-state index contributed by atoms with van der Waals surface area (Å²) < 4.78 is 24.2. The minimum Gasteiger partial charge on any atom is -0.395 e. The van der Waals surface area contributed by atoms with Crippen LogP contribution in [-0.4, -0.2) is 48.0 Å². The third-order valence-electron chi connectivity index (χ3n) is 2.12. The molecule has 1 atom stereocenters. The maximum atomic E-state index is 12.1. The zero-order valence-electron chi connectivity index (χ0n) is 8.54. The summed E-state index contributed by atoms with van der Waals surface area (Å²) in [5.41, 5.74) is 0. The van der Waals surface area contributed by atoms with Gasteiger partial charge in [-0.05, 0) is 6.92 Å². The molecule has 0 rings (SSSR count). The molecule has 14 heavy (non-hydrogen) atoms. The lowest BCUT2D eigenvalue weighted by molar-refractivity contribution is -0.124. The molecule has 0 radical (unpaired) electrons. The first-order chi connectivity index (χ1) is 6.52.